The lowest BCUT2D eigenvalue weighted by Crippen LogP contribution is -2.45. The minimum Gasteiger partial charge on any atom is -0.496 e. The molecule has 5 nitrogen and oxygen atoms in total. The van der Waals surface area contributed by atoms with Gasteiger partial charge in [0, 0.05) is 32.2 Å². The Morgan fingerprint density at radius 3 is 2.55 bits per heavy atom. The van der Waals surface area contributed by atoms with Gasteiger partial charge >= 0.3 is 0 Å². The lowest BCUT2D eigenvalue weighted by Gasteiger charge is -2.32. The van der Waals surface area contributed by atoms with E-state index < -0.39 is 10.2 Å². The summed E-state index contributed by atoms with van der Waals surface area (Å²) in [6.07, 6.45) is 1.86. The molecule has 0 aliphatic carbocycles. The van der Waals surface area contributed by atoms with Gasteiger partial charge in [-0.25, -0.2) is 0 Å². The number of hydrogen-bond donors (Lipinski definition) is 0. The van der Waals surface area contributed by atoms with E-state index in [-0.39, 0.29) is 0 Å². The SMILES string of the molecule is COc1ccc(C)cc1CN(C)S(=O)(=O)N1CCC(C)CC1. The van der Waals surface area contributed by atoms with Crippen molar-refractivity contribution in [1.29, 1.82) is 0 Å². The quantitative estimate of drug-likeness (QED) is 0.835. The number of aryl methyl sites for hydroxylation is 1. The molecule has 1 heterocycles. The molecule has 0 atom stereocenters. The van der Waals surface area contributed by atoms with Crippen molar-refractivity contribution in [2.75, 3.05) is 27.2 Å². The van der Waals surface area contributed by atoms with Crippen LogP contribution in [-0.4, -0.2) is 44.3 Å². The van der Waals surface area contributed by atoms with Gasteiger partial charge in [-0.1, -0.05) is 24.6 Å². The number of piperidine rings is 1. The van der Waals surface area contributed by atoms with Crippen LogP contribution < -0.4 is 4.74 Å². The van der Waals surface area contributed by atoms with E-state index in [4.69, 9.17) is 4.74 Å². The molecule has 1 fully saturated rings. The number of hydrogen-bond acceptors (Lipinski definition) is 3. The van der Waals surface area contributed by atoms with E-state index in [9.17, 15) is 8.42 Å². The average molecular weight is 326 g/mol. The molecule has 0 saturated carbocycles. The highest BCUT2D eigenvalue weighted by Crippen LogP contribution is 2.24. The molecule has 6 heteroatoms. The van der Waals surface area contributed by atoms with Crippen LogP contribution in [0.15, 0.2) is 18.2 Å². The van der Waals surface area contributed by atoms with Gasteiger partial charge in [0.1, 0.15) is 5.75 Å². The van der Waals surface area contributed by atoms with E-state index in [1.165, 1.54) is 4.31 Å². The molecule has 0 bridgehead atoms. The summed E-state index contributed by atoms with van der Waals surface area (Å²) in [5.74, 6) is 1.33. The van der Waals surface area contributed by atoms with Gasteiger partial charge in [-0.15, -0.1) is 0 Å². The minimum absolute atomic E-state index is 0.319. The molecule has 22 heavy (non-hydrogen) atoms. The van der Waals surface area contributed by atoms with Crippen LogP contribution in [0.2, 0.25) is 0 Å². The summed E-state index contributed by atoms with van der Waals surface area (Å²) in [5.41, 5.74) is 1.98. The number of benzene rings is 1. The predicted molar refractivity (Wildman–Crippen MR) is 88.1 cm³/mol. The lowest BCUT2D eigenvalue weighted by molar-refractivity contribution is 0.269. The Labute approximate surface area is 134 Å². The predicted octanol–water partition coefficient (Wildman–Crippen LogP) is 2.41. The number of nitrogens with zero attached hydrogens (tertiary/aromatic N) is 2. The third-order valence-electron chi connectivity index (χ3n) is 4.29. The smallest absolute Gasteiger partial charge is 0.282 e. The third-order valence-corrected chi connectivity index (χ3v) is 6.23. The van der Waals surface area contributed by atoms with E-state index in [0.29, 0.717) is 25.6 Å². The van der Waals surface area contributed by atoms with Gasteiger partial charge in [0.2, 0.25) is 0 Å². The minimum atomic E-state index is -3.41. The maximum atomic E-state index is 12.7. The summed E-state index contributed by atoms with van der Waals surface area (Å²) in [6, 6.07) is 5.82. The Morgan fingerprint density at radius 2 is 1.95 bits per heavy atom. The van der Waals surface area contributed by atoms with Crippen molar-refractivity contribution < 1.29 is 13.2 Å². The first-order valence-corrected chi connectivity index (χ1v) is 9.09. The monoisotopic (exact) mass is 326 g/mol. The summed E-state index contributed by atoms with van der Waals surface area (Å²) < 4.78 is 33.7. The highest BCUT2D eigenvalue weighted by Gasteiger charge is 2.30. The third kappa shape index (κ3) is 3.80. The zero-order chi connectivity index (χ0) is 16.3. The van der Waals surface area contributed by atoms with Crippen molar-refractivity contribution in [3.8, 4) is 5.75 Å². The molecule has 1 aliphatic heterocycles. The van der Waals surface area contributed by atoms with Crippen LogP contribution in [0.4, 0.5) is 0 Å². The van der Waals surface area contributed by atoms with E-state index >= 15 is 0 Å². The molecule has 0 amide bonds. The summed E-state index contributed by atoms with van der Waals surface area (Å²) in [5, 5.41) is 0. The second-order valence-electron chi connectivity index (χ2n) is 6.16. The van der Waals surface area contributed by atoms with Crippen molar-refractivity contribution in [2.45, 2.75) is 33.2 Å². The zero-order valence-corrected chi connectivity index (χ0v) is 14.7. The van der Waals surface area contributed by atoms with Crippen molar-refractivity contribution in [3.63, 3.8) is 0 Å². The van der Waals surface area contributed by atoms with Crippen LogP contribution in [0.1, 0.15) is 30.9 Å². The Hall–Kier alpha value is -1.11. The molecule has 1 saturated heterocycles. The van der Waals surface area contributed by atoms with Gasteiger partial charge in [-0.3, -0.25) is 0 Å². The molecule has 0 N–H and O–H groups in total. The molecule has 1 aromatic carbocycles. The highest BCUT2D eigenvalue weighted by atomic mass is 32.2. The van der Waals surface area contributed by atoms with Gasteiger partial charge in [-0.2, -0.15) is 17.0 Å². The van der Waals surface area contributed by atoms with Crippen LogP contribution in [0.5, 0.6) is 5.75 Å². The average Bonchev–Trinajstić information content (AvgIpc) is 2.48. The van der Waals surface area contributed by atoms with E-state index in [0.717, 1.165) is 29.7 Å². The van der Waals surface area contributed by atoms with Gasteiger partial charge in [0.05, 0.1) is 7.11 Å². The Balaban J connectivity index is 2.14. The molecule has 1 aromatic rings. The topological polar surface area (TPSA) is 49.9 Å². The van der Waals surface area contributed by atoms with Crippen LogP contribution in [0.3, 0.4) is 0 Å². The molecule has 2 rings (SSSR count). The zero-order valence-electron chi connectivity index (χ0n) is 13.9. The van der Waals surface area contributed by atoms with Crippen LogP contribution in [-0.2, 0) is 16.8 Å². The Bertz CT molecular complexity index is 608. The number of rotatable bonds is 5. The van der Waals surface area contributed by atoms with Crippen LogP contribution in [0.25, 0.3) is 0 Å². The molecule has 0 aromatic heterocycles. The first-order valence-electron chi connectivity index (χ1n) is 7.69. The van der Waals surface area contributed by atoms with Gasteiger partial charge in [-0.05, 0) is 31.7 Å². The number of methoxy groups -OCH3 is 1. The second kappa shape index (κ2) is 6.98. The van der Waals surface area contributed by atoms with Gasteiger partial charge < -0.3 is 4.74 Å². The molecule has 0 unspecified atom stereocenters. The molecule has 1 aliphatic rings. The summed E-state index contributed by atoms with van der Waals surface area (Å²) in [6.45, 7) is 5.70. The molecular weight excluding hydrogens is 300 g/mol. The van der Waals surface area contributed by atoms with E-state index in [1.54, 1.807) is 18.5 Å². The van der Waals surface area contributed by atoms with Crippen LogP contribution >= 0.6 is 0 Å². The molecule has 124 valence electrons. The summed E-state index contributed by atoms with van der Waals surface area (Å²) >= 11 is 0. The highest BCUT2D eigenvalue weighted by molar-refractivity contribution is 7.86. The van der Waals surface area contributed by atoms with E-state index in [2.05, 4.69) is 6.92 Å². The fourth-order valence-corrected chi connectivity index (χ4v) is 4.13. The van der Waals surface area contributed by atoms with Crippen molar-refractivity contribution in [3.05, 3.63) is 29.3 Å². The maximum Gasteiger partial charge on any atom is 0.282 e. The van der Waals surface area contributed by atoms with Gasteiger partial charge in [0.25, 0.3) is 10.2 Å². The standard InChI is InChI=1S/C16H26N2O3S/c1-13-7-9-18(10-8-13)22(19,20)17(3)12-15-11-14(2)5-6-16(15)21-4/h5-6,11,13H,7-10,12H2,1-4H3. The molecule has 0 spiro atoms. The first-order chi connectivity index (χ1) is 10.3. The lowest BCUT2D eigenvalue weighted by atomic mass is 10.0. The normalized spacial score (nSPS) is 17.9. The largest absolute Gasteiger partial charge is 0.496 e. The van der Waals surface area contributed by atoms with Crippen molar-refractivity contribution in [1.82, 2.24) is 8.61 Å². The van der Waals surface area contributed by atoms with Crippen molar-refractivity contribution in [2.24, 2.45) is 5.92 Å². The molecule has 0 radical (unpaired) electrons. The van der Waals surface area contributed by atoms with Gasteiger partial charge in [0.15, 0.2) is 0 Å². The van der Waals surface area contributed by atoms with E-state index in [1.807, 2.05) is 25.1 Å². The fraction of sp³-hybridized carbons (Fsp3) is 0.625. The van der Waals surface area contributed by atoms with Crippen LogP contribution in [0, 0.1) is 12.8 Å². The first kappa shape index (κ1) is 17.2. The maximum absolute atomic E-state index is 12.7. The van der Waals surface area contributed by atoms with Crippen molar-refractivity contribution >= 4 is 10.2 Å². The molecular formula is C16H26N2O3S. The Morgan fingerprint density at radius 1 is 1.32 bits per heavy atom. The Kier molecular flexibility index (Phi) is 5.47. The summed E-state index contributed by atoms with van der Waals surface area (Å²) in [4.78, 5) is 0. The fourth-order valence-electron chi connectivity index (χ4n) is 2.77. The summed E-state index contributed by atoms with van der Waals surface area (Å²) in [7, 11) is -0.170. The second-order valence-corrected chi connectivity index (χ2v) is 8.20. The number of ether oxygens (including phenoxy) is 1.